The normalized spacial score (nSPS) is 11.5. The molecule has 0 aliphatic carbocycles. The quantitative estimate of drug-likeness (QED) is 0.802. The summed E-state index contributed by atoms with van der Waals surface area (Å²) in [6.07, 6.45) is 0. The second-order valence-electron chi connectivity index (χ2n) is 4.64. The van der Waals surface area contributed by atoms with Crippen LogP contribution in [0.25, 0.3) is 0 Å². The van der Waals surface area contributed by atoms with Gasteiger partial charge in [0.25, 0.3) is 0 Å². The summed E-state index contributed by atoms with van der Waals surface area (Å²) >= 11 is 0. The first-order chi connectivity index (χ1) is 6.94. The minimum Gasteiger partial charge on any atom is -0.396 e. The van der Waals surface area contributed by atoms with Gasteiger partial charge in [0.05, 0.1) is 0 Å². The Morgan fingerprint density at radius 1 is 1.40 bits per heavy atom. The number of anilines is 1. The highest BCUT2D eigenvalue weighted by molar-refractivity contribution is 5.50. The molecule has 0 radical (unpaired) electrons. The summed E-state index contributed by atoms with van der Waals surface area (Å²) in [6.45, 7) is 6.55. The molecule has 0 saturated heterocycles. The van der Waals surface area contributed by atoms with Crippen molar-refractivity contribution < 1.29 is 9.50 Å². The van der Waals surface area contributed by atoms with Gasteiger partial charge in [-0.05, 0) is 24.6 Å². The van der Waals surface area contributed by atoms with Crippen molar-refractivity contribution in [1.29, 1.82) is 0 Å². The van der Waals surface area contributed by atoms with E-state index in [1.807, 2.05) is 20.8 Å². The van der Waals surface area contributed by atoms with Gasteiger partial charge >= 0.3 is 0 Å². The highest BCUT2D eigenvalue weighted by Gasteiger charge is 2.16. The van der Waals surface area contributed by atoms with E-state index in [0.29, 0.717) is 6.54 Å². The second-order valence-corrected chi connectivity index (χ2v) is 4.64. The van der Waals surface area contributed by atoms with Crippen LogP contribution in [0.4, 0.5) is 10.1 Å². The SMILES string of the molecule is Cc1ccc(F)cc1NCC(C)(C)CO. The second kappa shape index (κ2) is 4.62. The van der Waals surface area contributed by atoms with Gasteiger partial charge in [-0.2, -0.15) is 0 Å². The van der Waals surface area contributed by atoms with E-state index in [4.69, 9.17) is 5.11 Å². The van der Waals surface area contributed by atoms with Crippen LogP contribution in [-0.4, -0.2) is 18.3 Å². The molecule has 0 aliphatic rings. The standard InChI is InChI=1S/C12H18FNO/c1-9-4-5-10(13)6-11(9)14-7-12(2,3)8-15/h4-6,14-15H,7-8H2,1-3H3. The van der Waals surface area contributed by atoms with Gasteiger partial charge in [0.1, 0.15) is 5.82 Å². The molecule has 0 saturated carbocycles. The van der Waals surface area contributed by atoms with E-state index in [1.165, 1.54) is 12.1 Å². The molecule has 0 aromatic heterocycles. The first-order valence-corrected chi connectivity index (χ1v) is 5.05. The molecule has 0 atom stereocenters. The third kappa shape index (κ3) is 3.51. The number of benzene rings is 1. The van der Waals surface area contributed by atoms with Crippen molar-refractivity contribution in [3.05, 3.63) is 29.6 Å². The Labute approximate surface area is 90.1 Å². The van der Waals surface area contributed by atoms with Crippen molar-refractivity contribution in [2.24, 2.45) is 5.41 Å². The van der Waals surface area contributed by atoms with Gasteiger partial charge in [-0.15, -0.1) is 0 Å². The Bertz CT molecular complexity index is 336. The lowest BCUT2D eigenvalue weighted by atomic mass is 9.95. The first-order valence-electron chi connectivity index (χ1n) is 5.05. The van der Waals surface area contributed by atoms with Gasteiger partial charge in [-0.3, -0.25) is 0 Å². The Morgan fingerprint density at radius 3 is 2.67 bits per heavy atom. The van der Waals surface area contributed by atoms with E-state index in [2.05, 4.69) is 5.32 Å². The molecule has 0 spiro atoms. The number of rotatable bonds is 4. The van der Waals surface area contributed by atoms with Crippen molar-refractivity contribution >= 4 is 5.69 Å². The molecule has 1 rings (SSSR count). The number of hydrogen-bond donors (Lipinski definition) is 2. The summed E-state index contributed by atoms with van der Waals surface area (Å²) in [6, 6.07) is 4.66. The largest absolute Gasteiger partial charge is 0.396 e. The Hall–Kier alpha value is -1.09. The molecule has 0 unspecified atom stereocenters. The van der Waals surface area contributed by atoms with Crippen molar-refractivity contribution in [2.75, 3.05) is 18.5 Å². The highest BCUT2D eigenvalue weighted by atomic mass is 19.1. The predicted molar refractivity (Wildman–Crippen MR) is 60.5 cm³/mol. The number of nitrogens with one attached hydrogen (secondary N) is 1. The number of hydrogen-bond acceptors (Lipinski definition) is 2. The van der Waals surface area contributed by atoms with Crippen LogP contribution >= 0.6 is 0 Å². The highest BCUT2D eigenvalue weighted by Crippen LogP contribution is 2.19. The van der Waals surface area contributed by atoms with E-state index < -0.39 is 0 Å². The van der Waals surface area contributed by atoms with Gasteiger partial charge in [0, 0.05) is 24.3 Å². The van der Waals surface area contributed by atoms with E-state index in [9.17, 15) is 4.39 Å². The zero-order chi connectivity index (χ0) is 11.5. The zero-order valence-electron chi connectivity index (χ0n) is 9.47. The number of aliphatic hydroxyl groups is 1. The van der Waals surface area contributed by atoms with Gasteiger partial charge in [-0.1, -0.05) is 19.9 Å². The molecule has 1 aromatic rings. The summed E-state index contributed by atoms with van der Waals surface area (Å²) in [5.41, 5.74) is 1.60. The molecule has 0 aliphatic heterocycles. The van der Waals surface area contributed by atoms with E-state index in [-0.39, 0.29) is 17.8 Å². The third-order valence-corrected chi connectivity index (χ3v) is 2.39. The lowest BCUT2D eigenvalue weighted by Gasteiger charge is -2.23. The molecule has 0 fully saturated rings. The van der Waals surface area contributed by atoms with Crippen LogP contribution in [0.3, 0.4) is 0 Å². The van der Waals surface area contributed by atoms with E-state index in [0.717, 1.165) is 11.3 Å². The molecule has 0 heterocycles. The van der Waals surface area contributed by atoms with Crippen LogP contribution in [0.1, 0.15) is 19.4 Å². The number of aliphatic hydroxyl groups excluding tert-OH is 1. The lowest BCUT2D eigenvalue weighted by molar-refractivity contribution is 0.171. The monoisotopic (exact) mass is 211 g/mol. The number of aryl methyl sites for hydroxylation is 1. The molecule has 0 bridgehead atoms. The lowest BCUT2D eigenvalue weighted by Crippen LogP contribution is -2.27. The van der Waals surface area contributed by atoms with E-state index >= 15 is 0 Å². The molecule has 2 N–H and O–H groups in total. The van der Waals surface area contributed by atoms with Gasteiger partial charge in [0.15, 0.2) is 0 Å². The number of halogens is 1. The Balaban J connectivity index is 2.69. The molecule has 15 heavy (non-hydrogen) atoms. The predicted octanol–water partition coefficient (Wildman–Crippen LogP) is 2.56. The van der Waals surface area contributed by atoms with E-state index in [1.54, 1.807) is 6.07 Å². The maximum absolute atomic E-state index is 13.0. The van der Waals surface area contributed by atoms with Crippen LogP contribution in [0, 0.1) is 18.2 Å². The molecule has 84 valence electrons. The van der Waals surface area contributed by atoms with Crippen LogP contribution in [0.15, 0.2) is 18.2 Å². The fourth-order valence-corrected chi connectivity index (χ4v) is 1.18. The molecular weight excluding hydrogens is 193 g/mol. The minimum absolute atomic E-state index is 0.106. The molecule has 0 amide bonds. The smallest absolute Gasteiger partial charge is 0.125 e. The fourth-order valence-electron chi connectivity index (χ4n) is 1.18. The Morgan fingerprint density at radius 2 is 2.07 bits per heavy atom. The maximum Gasteiger partial charge on any atom is 0.125 e. The van der Waals surface area contributed by atoms with Crippen LogP contribution in [0.2, 0.25) is 0 Å². The molecule has 2 nitrogen and oxygen atoms in total. The van der Waals surface area contributed by atoms with Gasteiger partial charge < -0.3 is 10.4 Å². The third-order valence-electron chi connectivity index (χ3n) is 2.39. The van der Waals surface area contributed by atoms with Gasteiger partial charge in [-0.25, -0.2) is 4.39 Å². The Kier molecular flexibility index (Phi) is 3.69. The van der Waals surface area contributed by atoms with Crippen LogP contribution in [0.5, 0.6) is 0 Å². The van der Waals surface area contributed by atoms with Crippen molar-refractivity contribution in [3.63, 3.8) is 0 Å². The summed E-state index contributed by atoms with van der Waals surface area (Å²) in [5, 5.41) is 12.2. The van der Waals surface area contributed by atoms with Crippen LogP contribution in [-0.2, 0) is 0 Å². The zero-order valence-corrected chi connectivity index (χ0v) is 9.47. The average Bonchev–Trinajstić information content (AvgIpc) is 2.20. The molecular formula is C12H18FNO. The fraction of sp³-hybridized carbons (Fsp3) is 0.500. The van der Waals surface area contributed by atoms with Crippen molar-refractivity contribution in [1.82, 2.24) is 0 Å². The molecule has 3 heteroatoms. The van der Waals surface area contributed by atoms with Crippen molar-refractivity contribution in [3.8, 4) is 0 Å². The van der Waals surface area contributed by atoms with Crippen molar-refractivity contribution in [2.45, 2.75) is 20.8 Å². The average molecular weight is 211 g/mol. The summed E-state index contributed by atoms with van der Waals surface area (Å²) in [4.78, 5) is 0. The summed E-state index contributed by atoms with van der Waals surface area (Å²) in [5.74, 6) is -0.245. The van der Waals surface area contributed by atoms with Crippen LogP contribution < -0.4 is 5.32 Å². The minimum atomic E-state index is -0.245. The van der Waals surface area contributed by atoms with Gasteiger partial charge in [0.2, 0.25) is 0 Å². The summed E-state index contributed by atoms with van der Waals surface area (Å²) in [7, 11) is 0. The topological polar surface area (TPSA) is 32.3 Å². The first kappa shape index (κ1) is 12.0. The molecule has 1 aromatic carbocycles. The summed E-state index contributed by atoms with van der Waals surface area (Å²) < 4.78 is 13.0. The maximum atomic E-state index is 13.0.